The lowest BCUT2D eigenvalue weighted by atomic mass is 9.97. The number of nitrogens with one attached hydrogen (secondary N) is 2. The van der Waals surface area contributed by atoms with Crippen LogP contribution < -0.4 is 0 Å². The van der Waals surface area contributed by atoms with Crippen LogP contribution in [0.1, 0.15) is 23.7 Å². The van der Waals surface area contributed by atoms with Crippen molar-refractivity contribution in [1.29, 1.82) is 0 Å². The van der Waals surface area contributed by atoms with Gasteiger partial charge in [-0.15, -0.1) is 0 Å². The normalized spacial score (nSPS) is 15.1. The first-order valence-corrected chi connectivity index (χ1v) is 10.1. The van der Waals surface area contributed by atoms with Crippen molar-refractivity contribution in [3.63, 3.8) is 0 Å². The molecular weight excluding hydrogens is 370 g/mol. The fraction of sp³-hybridized carbons (Fsp3) is 0.261. The van der Waals surface area contributed by atoms with Gasteiger partial charge in [-0.3, -0.25) is 4.79 Å². The van der Waals surface area contributed by atoms with E-state index in [-0.39, 0.29) is 11.8 Å². The van der Waals surface area contributed by atoms with Gasteiger partial charge in [-0.25, -0.2) is 0 Å². The Bertz CT molecular complexity index is 1190. The van der Waals surface area contributed by atoms with E-state index in [1.165, 1.54) is 22.2 Å². The van der Waals surface area contributed by atoms with Crippen LogP contribution in [0.4, 0.5) is 0 Å². The molecule has 0 spiro atoms. The number of hydrogen-bond acceptors (Lipinski definition) is 1. The summed E-state index contributed by atoms with van der Waals surface area (Å²) in [5, 5.41) is 3.06. The zero-order valence-corrected chi connectivity index (χ0v) is 16.5. The zero-order chi connectivity index (χ0) is 19.3. The van der Waals surface area contributed by atoms with Crippen LogP contribution in [0.15, 0.2) is 48.7 Å². The van der Waals surface area contributed by atoms with Gasteiger partial charge in [0, 0.05) is 69.7 Å². The minimum absolute atomic E-state index is 0.0606. The van der Waals surface area contributed by atoms with Gasteiger partial charge in [0.1, 0.15) is 0 Å². The minimum atomic E-state index is -0.0606. The van der Waals surface area contributed by atoms with Crippen molar-refractivity contribution in [2.75, 3.05) is 6.54 Å². The summed E-state index contributed by atoms with van der Waals surface area (Å²) in [7, 11) is 0. The van der Waals surface area contributed by atoms with E-state index >= 15 is 0 Å². The van der Waals surface area contributed by atoms with Crippen molar-refractivity contribution in [1.82, 2.24) is 14.9 Å². The molecule has 5 rings (SSSR count). The summed E-state index contributed by atoms with van der Waals surface area (Å²) in [6, 6.07) is 14.2. The maximum absolute atomic E-state index is 13.2. The summed E-state index contributed by atoms with van der Waals surface area (Å²) in [5.41, 5.74) is 5.85. The highest BCUT2D eigenvalue weighted by atomic mass is 35.5. The van der Waals surface area contributed by atoms with Gasteiger partial charge in [0.05, 0.1) is 0 Å². The second-order valence-electron chi connectivity index (χ2n) is 7.75. The molecule has 5 heteroatoms. The van der Waals surface area contributed by atoms with Crippen molar-refractivity contribution < 1.29 is 4.79 Å². The Morgan fingerprint density at radius 2 is 2.04 bits per heavy atom. The third-order valence-corrected chi connectivity index (χ3v) is 6.11. The van der Waals surface area contributed by atoms with Gasteiger partial charge in [0.25, 0.3) is 0 Å². The Balaban J connectivity index is 1.37. The molecule has 1 aliphatic heterocycles. The van der Waals surface area contributed by atoms with Crippen LogP contribution in [0, 0.1) is 5.92 Å². The number of H-pyrrole nitrogens is 2. The van der Waals surface area contributed by atoms with Gasteiger partial charge in [-0.05, 0) is 36.2 Å². The molecule has 4 nitrogen and oxygen atoms in total. The molecule has 142 valence electrons. The lowest BCUT2D eigenvalue weighted by Gasteiger charge is -2.29. The number of aromatic nitrogens is 2. The molecule has 0 saturated carbocycles. The number of amides is 1. The third-order valence-electron chi connectivity index (χ3n) is 5.87. The smallest absolute Gasteiger partial charge is 0.226 e. The predicted octanol–water partition coefficient (Wildman–Crippen LogP) is 5.07. The molecule has 0 bridgehead atoms. The second-order valence-corrected chi connectivity index (χ2v) is 8.18. The monoisotopic (exact) mass is 391 g/mol. The molecule has 0 aliphatic carbocycles. The highest BCUT2D eigenvalue weighted by Crippen LogP contribution is 2.31. The van der Waals surface area contributed by atoms with Crippen molar-refractivity contribution >= 4 is 39.3 Å². The Labute approximate surface area is 168 Å². The average molecular weight is 392 g/mol. The molecular formula is C23H22ClN3O. The first-order chi connectivity index (χ1) is 13.6. The molecule has 3 heterocycles. The number of carbonyl (C=O) groups is 1. The average Bonchev–Trinajstić information content (AvgIpc) is 3.28. The Hall–Kier alpha value is -2.72. The molecule has 1 aliphatic rings. The van der Waals surface area contributed by atoms with E-state index in [1.807, 2.05) is 48.4 Å². The number of aromatic amines is 2. The van der Waals surface area contributed by atoms with Crippen molar-refractivity contribution in [3.8, 4) is 0 Å². The van der Waals surface area contributed by atoms with Crippen LogP contribution in [0.25, 0.3) is 21.8 Å². The summed E-state index contributed by atoms with van der Waals surface area (Å²) < 4.78 is 0. The molecule has 1 amide bonds. The summed E-state index contributed by atoms with van der Waals surface area (Å²) in [6.45, 7) is 3.43. The van der Waals surface area contributed by atoms with E-state index < -0.39 is 0 Å². The number of halogens is 1. The fourth-order valence-electron chi connectivity index (χ4n) is 4.40. The van der Waals surface area contributed by atoms with Crippen LogP contribution in [0.2, 0.25) is 5.02 Å². The van der Waals surface area contributed by atoms with Gasteiger partial charge in [-0.2, -0.15) is 0 Å². The van der Waals surface area contributed by atoms with Gasteiger partial charge in [0.15, 0.2) is 0 Å². The van der Waals surface area contributed by atoms with Crippen LogP contribution >= 0.6 is 11.6 Å². The number of para-hydroxylation sites is 1. The third kappa shape index (κ3) is 2.89. The first-order valence-electron chi connectivity index (χ1n) is 9.73. The van der Waals surface area contributed by atoms with Crippen molar-refractivity contribution in [2.45, 2.75) is 26.3 Å². The molecule has 0 saturated heterocycles. The molecule has 0 fully saturated rings. The molecule has 28 heavy (non-hydrogen) atoms. The highest BCUT2D eigenvalue weighted by Gasteiger charge is 2.27. The van der Waals surface area contributed by atoms with Crippen LogP contribution in [-0.2, 0) is 24.2 Å². The summed E-state index contributed by atoms with van der Waals surface area (Å²) in [4.78, 5) is 22.0. The maximum Gasteiger partial charge on any atom is 0.226 e. The summed E-state index contributed by atoms with van der Waals surface area (Å²) >= 11 is 6.20. The largest absolute Gasteiger partial charge is 0.361 e. The van der Waals surface area contributed by atoms with Crippen LogP contribution in [-0.4, -0.2) is 27.3 Å². The molecule has 2 aromatic heterocycles. The fourth-order valence-corrected chi connectivity index (χ4v) is 4.58. The quantitative estimate of drug-likeness (QED) is 0.503. The molecule has 2 aromatic carbocycles. The number of benzene rings is 2. The predicted molar refractivity (Wildman–Crippen MR) is 114 cm³/mol. The number of nitrogens with zero attached hydrogens (tertiary/aromatic N) is 1. The van der Waals surface area contributed by atoms with Gasteiger partial charge in [-0.1, -0.05) is 36.7 Å². The first kappa shape index (κ1) is 17.4. The molecule has 0 radical (unpaired) electrons. The molecule has 1 atom stereocenters. The van der Waals surface area contributed by atoms with Crippen molar-refractivity contribution in [3.05, 3.63) is 70.5 Å². The number of hydrogen-bond donors (Lipinski definition) is 2. The number of rotatable bonds is 3. The number of carbonyl (C=O) groups excluding carboxylic acids is 1. The zero-order valence-electron chi connectivity index (χ0n) is 15.8. The van der Waals surface area contributed by atoms with E-state index in [0.717, 1.165) is 40.8 Å². The minimum Gasteiger partial charge on any atom is -0.361 e. The van der Waals surface area contributed by atoms with Crippen LogP contribution in [0.3, 0.4) is 0 Å². The lowest BCUT2D eigenvalue weighted by molar-refractivity contribution is -0.135. The molecule has 4 aromatic rings. The van der Waals surface area contributed by atoms with Gasteiger partial charge >= 0.3 is 0 Å². The topological polar surface area (TPSA) is 51.9 Å². The molecule has 2 N–H and O–H groups in total. The van der Waals surface area contributed by atoms with Gasteiger partial charge < -0.3 is 14.9 Å². The van der Waals surface area contributed by atoms with E-state index in [9.17, 15) is 4.79 Å². The second kappa shape index (κ2) is 6.71. The SMILES string of the molecule is CC(Cc1c[nH]c2ccccc12)C(=O)N1CCc2[nH]c3ccc(Cl)cc3c2C1. The summed E-state index contributed by atoms with van der Waals surface area (Å²) in [6.07, 6.45) is 3.63. The standard InChI is InChI=1S/C23H22ClN3O/c1-14(10-15-12-25-20-5-3-2-4-17(15)20)23(28)27-9-8-22-19(13-27)18-11-16(24)6-7-21(18)26-22/h2-7,11-12,14,25-26H,8-10,13H2,1H3. The summed E-state index contributed by atoms with van der Waals surface area (Å²) in [5.74, 6) is 0.154. The highest BCUT2D eigenvalue weighted by molar-refractivity contribution is 6.31. The maximum atomic E-state index is 13.2. The Morgan fingerprint density at radius 3 is 2.93 bits per heavy atom. The lowest BCUT2D eigenvalue weighted by Crippen LogP contribution is -2.39. The van der Waals surface area contributed by atoms with E-state index in [4.69, 9.17) is 11.6 Å². The van der Waals surface area contributed by atoms with Crippen LogP contribution in [0.5, 0.6) is 0 Å². The van der Waals surface area contributed by atoms with E-state index in [2.05, 4.69) is 22.1 Å². The Kier molecular flexibility index (Phi) is 4.17. The number of fused-ring (bicyclic) bond motifs is 4. The van der Waals surface area contributed by atoms with E-state index in [1.54, 1.807) is 0 Å². The van der Waals surface area contributed by atoms with E-state index in [0.29, 0.717) is 6.54 Å². The molecule has 1 unspecified atom stereocenters. The van der Waals surface area contributed by atoms with Crippen molar-refractivity contribution in [2.24, 2.45) is 5.92 Å². The Morgan fingerprint density at radius 1 is 1.18 bits per heavy atom. The van der Waals surface area contributed by atoms with Gasteiger partial charge in [0.2, 0.25) is 5.91 Å².